The zero-order valence-electron chi connectivity index (χ0n) is 9.67. The Morgan fingerprint density at radius 1 is 1.11 bits per heavy atom. The molecule has 2 rings (SSSR count). The molecule has 0 radical (unpaired) electrons. The molecule has 0 aliphatic carbocycles. The summed E-state index contributed by atoms with van der Waals surface area (Å²) in [5.41, 5.74) is 8.39. The monoisotopic (exact) mass is 243 g/mol. The molecule has 0 spiro atoms. The van der Waals surface area contributed by atoms with Crippen molar-refractivity contribution < 1.29 is 4.92 Å². The lowest BCUT2D eigenvalue weighted by molar-refractivity contribution is -0.384. The summed E-state index contributed by atoms with van der Waals surface area (Å²) < 4.78 is 0. The van der Waals surface area contributed by atoms with E-state index in [-0.39, 0.29) is 5.69 Å². The van der Waals surface area contributed by atoms with Gasteiger partial charge in [-0.2, -0.15) is 0 Å². The number of nitrogens with one attached hydrogen (secondary N) is 1. The minimum absolute atomic E-state index is 0.0953. The number of non-ortho nitro benzene ring substituents is 1. The van der Waals surface area contributed by atoms with E-state index in [9.17, 15) is 10.1 Å². The molecule has 0 aromatic heterocycles. The molecule has 0 fully saturated rings. The summed E-state index contributed by atoms with van der Waals surface area (Å²) in [5, 5.41) is 13.7. The molecule has 0 aliphatic rings. The van der Waals surface area contributed by atoms with Crippen molar-refractivity contribution in [3.63, 3.8) is 0 Å². The normalized spacial score (nSPS) is 10.0. The van der Waals surface area contributed by atoms with Crippen LogP contribution >= 0.6 is 0 Å². The largest absolute Gasteiger partial charge is 0.397 e. The first-order valence-corrected chi connectivity index (χ1v) is 5.48. The maximum absolute atomic E-state index is 10.5. The molecule has 0 unspecified atom stereocenters. The number of benzene rings is 2. The number of nitro benzene ring substituents is 1. The molecule has 2 aromatic carbocycles. The lowest BCUT2D eigenvalue weighted by atomic mass is 10.2. The van der Waals surface area contributed by atoms with Gasteiger partial charge in [0.1, 0.15) is 0 Å². The van der Waals surface area contributed by atoms with E-state index in [0.29, 0.717) is 12.2 Å². The third-order valence-electron chi connectivity index (χ3n) is 2.59. The molecule has 0 aliphatic heterocycles. The van der Waals surface area contributed by atoms with Crippen LogP contribution in [-0.2, 0) is 6.54 Å². The predicted octanol–water partition coefficient (Wildman–Crippen LogP) is 2.79. The van der Waals surface area contributed by atoms with E-state index in [0.717, 1.165) is 11.3 Å². The third kappa shape index (κ3) is 2.76. The molecule has 0 saturated carbocycles. The topological polar surface area (TPSA) is 81.2 Å². The number of hydrogen-bond acceptors (Lipinski definition) is 4. The van der Waals surface area contributed by atoms with Gasteiger partial charge in [0.15, 0.2) is 0 Å². The van der Waals surface area contributed by atoms with Crippen molar-refractivity contribution in [1.82, 2.24) is 0 Å². The summed E-state index contributed by atoms with van der Waals surface area (Å²) in [7, 11) is 0. The highest BCUT2D eigenvalue weighted by atomic mass is 16.6. The summed E-state index contributed by atoms with van der Waals surface area (Å²) >= 11 is 0. The fourth-order valence-electron chi connectivity index (χ4n) is 1.59. The average molecular weight is 243 g/mol. The number of nitrogens with two attached hydrogens (primary N) is 1. The molecule has 3 N–H and O–H groups in total. The van der Waals surface area contributed by atoms with Crippen LogP contribution in [0.1, 0.15) is 5.56 Å². The zero-order valence-corrected chi connectivity index (χ0v) is 9.67. The van der Waals surface area contributed by atoms with E-state index in [4.69, 9.17) is 5.73 Å². The van der Waals surface area contributed by atoms with Crippen LogP contribution in [0.25, 0.3) is 0 Å². The first-order chi connectivity index (χ1) is 8.66. The Labute approximate surface area is 104 Å². The predicted molar refractivity (Wildman–Crippen MR) is 71.3 cm³/mol. The van der Waals surface area contributed by atoms with E-state index >= 15 is 0 Å². The van der Waals surface area contributed by atoms with Gasteiger partial charge in [-0.1, -0.05) is 24.3 Å². The van der Waals surface area contributed by atoms with E-state index < -0.39 is 4.92 Å². The number of nitrogen functional groups attached to an aromatic ring is 1. The number of nitro groups is 1. The van der Waals surface area contributed by atoms with Crippen molar-refractivity contribution in [3.05, 3.63) is 64.2 Å². The Morgan fingerprint density at radius 3 is 2.39 bits per heavy atom. The van der Waals surface area contributed by atoms with Gasteiger partial charge in [-0.05, 0) is 17.7 Å². The van der Waals surface area contributed by atoms with Crippen molar-refractivity contribution in [1.29, 1.82) is 0 Å². The molecule has 0 amide bonds. The highest BCUT2D eigenvalue weighted by Gasteiger charge is 2.04. The Balaban J connectivity index is 2.02. The van der Waals surface area contributed by atoms with Gasteiger partial charge in [-0.3, -0.25) is 10.1 Å². The molecule has 0 saturated heterocycles. The molecule has 0 bridgehead atoms. The SMILES string of the molecule is Nc1ccccc1NCc1ccc([N+](=O)[O-])cc1. The van der Waals surface area contributed by atoms with Gasteiger partial charge in [0.2, 0.25) is 0 Å². The lowest BCUT2D eigenvalue weighted by Crippen LogP contribution is -2.02. The van der Waals surface area contributed by atoms with Gasteiger partial charge < -0.3 is 11.1 Å². The van der Waals surface area contributed by atoms with Crippen molar-refractivity contribution >= 4 is 17.1 Å². The van der Waals surface area contributed by atoms with Crippen LogP contribution in [-0.4, -0.2) is 4.92 Å². The van der Waals surface area contributed by atoms with Crippen LogP contribution < -0.4 is 11.1 Å². The van der Waals surface area contributed by atoms with E-state index in [1.54, 1.807) is 12.1 Å². The van der Waals surface area contributed by atoms with Crippen LogP contribution in [0.3, 0.4) is 0 Å². The second-order valence-corrected chi connectivity index (χ2v) is 3.86. The van der Waals surface area contributed by atoms with Crippen molar-refractivity contribution in [3.8, 4) is 0 Å². The van der Waals surface area contributed by atoms with Gasteiger partial charge in [-0.15, -0.1) is 0 Å². The van der Waals surface area contributed by atoms with E-state index in [1.165, 1.54) is 12.1 Å². The minimum Gasteiger partial charge on any atom is -0.397 e. The number of rotatable bonds is 4. The quantitative estimate of drug-likeness (QED) is 0.491. The van der Waals surface area contributed by atoms with E-state index in [1.807, 2.05) is 24.3 Å². The molecule has 2 aromatic rings. The summed E-state index contributed by atoms with van der Waals surface area (Å²) in [4.78, 5) is 10.1. The lowest BCUT2D eigenvalue weighted by Gasteiger charge is -2.08. The number of nitrogens with zero attached hydrogens (tertiary/aromatic N) is 1. The highest BCUT2D eigenvalue weighted by Crippen LogP contribution is 2.18. The maximum atomic E-state index is 10.5. The fourth-order valence-corrected chi connectivity index (χ4v) is 1.59. The Kier molecular flexibility index (Phi) is 3.43. The van der Waals surface area contributed by atoms with Crippen molar-refractivity contribution in [2.45, 2.75) is 6.54 Å². The number of anilines is 2. The van der Waals surface area contributed by atoms with Gasteiger partial charge in [0, 0.05) is 18.7 Å². The second kappa shape index (κ2) is 5.18. The molecule has 0 atom stereocenters. The average Bonchev–Trinajstić information content (AvgIpc) is 2.38. The van der Waals surface area contributed by atoms with E-state index in [2.05, 4.69) is 5.32 Å². The summed E-state index contributed by atoms with van der Waals surface area (Å²) in [6.45, 7) is 0.576. The molecule has 0 heterocycles. The van der Waals surface area contributed by atoms with Crippen LogP contribution in [0, 0.1) is 10.1 Å². The second-order valence-electron chi connectivity index (χ2n) is 3.86. The first-order valence-electron chi connectivity index (χ1n) is 5.48. The van der Waals surface area contributed by atoms with Crippen LogP contribution in [0.15, 0.2) is 48.5 Å². The Hall–Kier alpha value is -2.56. The standard InChI is InChI=1S/C13H13N3O2/c14-12-3-1-2-4-13(12)15-9-10-5-7-11(8-6-10)16(17)18/h1-8,15H,9,14H2. The maximum Gasteiger partial charge on any atom is 0.269 e. The minimum atomic E-state index is -0.410. The molecular weight excluding hydrogens is 230 g/mol. The molecule has 18 heavy (non-hydrogen) atoms. The van der Waals surface area contributed by atoms with Crippen molar-refractivity contribution in [2.75, 3.05) is 11.1 Å². The number of hydrogen-bond donors (Lipinski definition) is 2. The number of para-hydroxylation sites is 2. The van der Waals surface area contributed by atoms with Gasteiger partial charge in [-0.25, -0.2) is 0 Å². The molecule has 5 heteroatoms. The summed E-state index contributed by atoms with van der Waals surface area (Å²) in [6, 6.07) is 13.9. The summed E-state index contributed by atoms with van der Waals surface area (Å²) in [6.07, 6.45) is 0. The third-order valence-corrected chi connectivity index (χ3v) is 2.59. The summed E-state index contributed by atoms with van der Waals surface area (Å²) in [5.74, 6) is 0. The Morgan fingerprint density at radius 2 is 1.78 bits per heavy atom. The van der Waals surface area contributed by atoms with Crippen LogP contribution in [0.5, 0.6) is 0 Å². The van der Waals surface area contributed by atoms with Gasteiger partial charge in [0.05, 0.1) is 16.3 Å². The Bertz CT molecular complexity index is 552. The first kappa shape index (κ1) is 11.9. The highest BCUT2D eigenvalue weighted by molar-refractivity contribution is 5.65. The zero-order chi connectivity index (χ0) is 13.0. The molecular formula is C13H13N3O2. The smallest absolute Gasteiger partial charge is 0.269 e. The fraction of sp³-hybridized carbons (Fsp3) is 0.0769. The van der Waals surface area contributed by atoms with Crippen molar-refractivity contribution in [2.24, 2.45) is 0 Å². The van der Waals surface area contributed by atoms with Crippen LogP contribution in [0.2, 0.25) is 0 Å². The van der Waals surface area contributed by atoms with Crippen LogP contribution in [0.4, 0.5) is 17.1 Å². The molecule has 5 nitrogen and oxygen atoms in total. The van der Waals surface area contributed by atoms with Gasteiger partial charge in [0.25, 0.3) is 5.69 Å². The van der Waals surface area contributed by atoms with Gasteiger partial charge >= 0.3 is 0 Å². The molecule has 92 valence electrons.